The Kier molecular flexibility index (Phi) is 4.78. The number of carbonyl (C=O) groups is 1. The average Bonchev–Trinajstić information content (AvgIpc) is 2.59. The molecule has 1 N–H and O–H groups in total. The molecule has 0 unspecified atom stereocenters. The third kappa shape index (κ3) is 4.08. The molecule has 9 heteroatoms. The first-order chi connectivity index (χ1) is 12.9. The van der Waals surface area contributed by atoms with Crippen molar-refractivity contribution in [3.63, 3.8) is 0 Å². The summed E-state index contributed by atoms with van der Waals surface area (Å²) in [7, 11) is 0. The first-order valence-corrected chi connectivity index (χ1v) is 7.92. The molecule has 0 atom stereocenters. The first-order valence-electron chi connectivity index (χ1n) is 7.92. The lowest BCUT2D eigenvalue weighted by atomic mass is 10.1. The number of pyridine rings is 1. The second-order valence-corrected chi connectivity index (χ2v) is 6.04. The fourth-order valence-electron chi connectivity index (χ4n) is 2.62. The summed E-state index contributed by atoms with van der Waals surface area (Å²) in [5.74, 6) is -0.242. The summed E-state index contributed by atoms with van der Waals surface area (Å²) >= 11 is 0. The van der Waals surface area contributed by atoms with E-state index in [1.807, 2.05) is 0 Å². The van der Waals surface area contributed by atoms with Crippen molar-refractivity contribution in [2.24, 2.45) is 0 Å². The van der Waals surface area contributed by atoms with E-state index in [2.05, 4.69) is 10.3 Å². The second kappa shape index (κ2) is 6.81. The van der Waals surface area contributed by atoms with Gasteiger partial charge in [0.25, 0.3) is 0 Å². The molecule has 3 nitrogen and oxygen atoms in total. The van der Waals surface area contributed by atoms with Crippen molar-refractivity contribution in [2.45, 2.75) is 19.3 Å². The molecular weight excluding hydrogens is 386 g/mol. The van der Waals surface area contributed by atoms with Crippen LogP contribution >= 0.6 is 0 Å². The summed E-state index contributed by atoms with van der Waals surface area (Å²) in [5.41, 5.74) is -2.31. The summed E-state index contributed by atoms with van der Waals surface area (Å²) in [6.07, 6.45) is -9.56. The maximum atomic E-state index is 13.2. The van der Waals surface area contributed by atoms with Crippen molar-refractivity contribution in [2.75, 3.05) is 5.32 Å². The van der Waals surface area contributed by atoms with Crippen LogP contribution in [0.3, 0.4) is 0 Å². The van der Waals surface area contributed by atoms with Crippen molar-refractivity contribution < 1.29 is 31.1 Å². The van der Waals surface area contributed by atoms with Gasteiger partial charge in [-0.2, -0.15) is 26.3 Å². The van der Waals surface area contributed by atoms with Gasteiger partial charge in [-0.3, -0.25) is 4.79 Å². The van der Waals surface area contributed by atoms with Crippen LogP contribution in [0.5, 0.6) is 0 Å². The summed E-state index contributed by atoms with van der Waals surface area (Å²) in [5, 5.41) is 2.82. The minimum Gasteiger partial charge on any atom is -0.355 e. The largest absolute Gasteiger partial charge is 0.433 e. The van der Waals surface area contributed by atoms with E-state index in [0.29, 0.717) is 17.3 Å². The van der Waals surface area contributed by atoms with Gasteiger partial charge < -0.3 is 5.32 Å². The standard InChI is InChI=1S/C19H12F6N2O/c1-10(28)11-3-2-4-13(7-11)26-16-9-17(19(23,24)25)27-15-8-12(18(20,21)22)5-6-14(15)16/h2-9H,1H3,(H,26,27). The summed E-state index contributed by atoms with van der Waals surface area (Å²) in [4.78, 5) is 14.8. The summed E-state index contributed by atoms with van der Waals surface area (Å²) in [6, 6.07) is 9.15. The molecule has 1 heterocycles. The lowest BCUT2D eigenvalue weighted by Crippen LogP contribution is -2.10. The fourth-order valence-corrected chi connectivity index (χ4v) is 2.62. The van der Waals surface area contributed by atoms with Gasteiger partial charge in [0.1, 0.15) is 5.69 Å². The number of fused-ring (bicyclic) bond motifs is 1. The van der Waals surface area contributed by atoms with Gasteiger partial charge in [-0.25, -0.2) is 4.98 Å². The van der Waals surface area contributed by atoms with Gasteiger partial charge in [0.05, 0.1) is 16.8 Å². The SMILES string of the molecule is CC(=O)c1cccc(Nc2cc(C(F)(F)F)nc3cc(C(F)(F)F)ccc23)c1. The maximum absolute atomic E-state index is 13.2. The molecule has 0 aliphatic carbocycles. The number of halogens is 6. The predicted molar refractivity (Wildman–Crippen MR) is 91.5 cm³/mol. The minimum absolute atomic E-state index is 0.0771. The Bertz CT molecular complexity index is 1050. The van der Waals surface area contributed by atoms with E-state index in [-0.39, 0.29) is 16.9 Å². The third-order valence-electron chi connectivity index (χ3n) is 3.98. The quantitative estimate of drug-likeness (QED) is 0.421. The van der Waals surface area contributed by atoms with Crippen molar-refractivity contribution in [3.05, 3.63) is 65.4 Å². The summed E-state index contributed by atoms with van der Waals surface area (Å²) in [6.45, 7) is 1.33. The van der Waals surface area contributed by atoms with Gasteiger partial charge in [-0.1, -0.05) is 18.2 Å². The molecule has 0 aliphatic heterocycles. The lowest BCUT2D eigenvalue weighted by Gasteiger charge is -2.15. The molecule has 0 spiro atoms. The highest BCUT2D eigenvalue weighted by Crippen LogP contribution is 2.37. The number of benzene rings is 2. The number of nitrogens with zero attached hydrogens (tertiary/aromatic N) is 1. The average molecular weight is 398 g/mol. The first kappa shape index (κ1) is 19.7. The zero-order valence-electron chi connectivity index (χ0n) is 14.2. The third-order valence-corrected chi connectivity index (χ3v) is 3.98. The zero-order chi connectivity index (χ0) is 20.7. The van der Waals surface area contributed by atoms with E-state index >= 15 is 0 Å². The van der Waals surface area contributed by atoms with Crippen molar-refractivity contribution in [1.29, 1.82) is 0 Å². The van der Waals surface area contributed by atoms with E-state index in [0.717, 1.165) is 18.2 Å². The van der Waals surface area contributed by atoms with Gasteiger partial charge in [0, 0.05) is 16.6 Å². The summed E-state index contributed by atoms with van der Waals surface area (Å²) < 4.78 is 78.3. The fraction of sp³-hybridized carbons (Fsp3) is 0.158. The zero-order valence-corrected chi connectivity index (χ0v) is 14.2. The number of anilines is 2. The molecule has 0 aliphatic rings. The van der Waals surface area contributed by atoms with E-state index in [1.54, 1.807) is 0 Å². The Morgan fingerprint density at radius 2 is 1.64 bits per heavy atom. The second-order valence-electron chi connectivity index (χ2n) is 6.04. The van der Waals surface area contributed by atoms with Crippen molar-refractivity contribution in [1.82, 2.24) is 4.98 Å². The van der Waals surface area contributed by atoms with Crippen molar-refractivity contribution >= 4 is 28.1 Å². The van der Waals surface area contributed by atoms with E-state index < -0.39 is 29.1 Å². The molecule has 0 amide bonds. The number of aromatic nitrogens is 1. The van der Waals surface area contributed by atoms with Crippen LogP contribution in [0.2, 0.25) is 0 Å². The number of rotatable bonds is 3. The molecule has 146 valence electrons. The number of hydrogen-bond donors (Lipinski definition) is 1. The maximum Gasteiger partial charge on any atom is 0.433 e. The van der Waals surface area contributed by atoms with Crippen molar-refractivity contribution in [3.8, 4) is 0 Å². The molecule has 28 heavy (non-hydrogen) atoms. The Hall–Kier alpha value is -3.10. The van der Waals surface area contributed by atoms with Gasteiger partial charge in [0.2, 0.25) is 0 Å². The molecule has 0 bridgehead atoms. The van der Waals surface area contributed by atoms with Gasteiger partial charge >= 0.3 is 12.4 Å². The Balaban J connectivity index is 2.17. The Morgan fingerprint density at radius 1 is 0.929 bits per heavy atom. The van der Waals surface area contributed by atoms with Crippen LogP contribution in [0.1, 0.15) is 28.5 Å². The highest BCUT2D eigenvalue weighted by atomic mass is 19.4. The Morgan fingerprint density at radius 3 is 2.25 bits per heavy atom. The van der Waals surface area contributed by atoms with Crippen LogP contribution in [0.25, 0.3) is 10.9 Å². The molecule has 1 aromatic heterocycles. The molecular formula is C19H12F6N2O. The number of Topliss-reactive ketones (excluding diaryl/α,β-unsaturated/α-hetero) is 1. The van der Waals surface area contributed by atoms with Crippen LogP contribution in [-0.4, -0.2) is 10.8 Å². The van der Waals surface area contributed by atoms with Crippen LogP contribution in [0, 0.1) is 0 Å². The van der Waals surface area contributed by atoms with Gasteiger partial charge in [-0.15, -0.1) is 0 Å². The van der Waals surface area contributed by atoms with Gasteiger partial charge in [0.15, 0.2) is 5.78 Å². The number of carbonyl (C=O) groups excluding carboxylic acids is 1. The Labute approximate surface area is 155 Å². The van der Waals surface area contributed by atoms with E-state index in [9.17, 15) is 31.1 Å². The molecule has 0 saturated carbocycles. The van der Waals surface area contributed by atoms with E-state index in [4.69, 9.17) is 0 Å². The van der Waals surface area contributed by atoms with Crippen LogP contribution in [-0.2, 0) is 12.4 Å². The molecule has 3 rings (SSSR count). The number of hydrogen-bond acceptors (Lipinski definition) is 3. The van der Waals surface area contributed by atoms with Crippen LogP contribution in [0.15, 0.2) is 48.5 Å². The molecule has 0 fully saturated rings. The minimum atomic E-state index is -4.85. The highest BCUT2D eigenvalue weighted by Gasteiger charge is 2.35. The number of ketones is 1. The molecule has 0 saturated heterocycles. The lowest BCUT2D eigenvalue weighted by molar-refractivity contribution is -0.140. The number of nitrogens with one attached hydrogen (secondary N) is 1. The van der Waals surface area contributed by atoms with Gasteiger partial charge in [-0.05, 0) is 37.3 Å². The van der Waals surface area contributed by atoms with Crippen LogP contribution in [0.4, 0.5) is 37.7 Å². The topological polar surface area (TPSA) is 42.0 Å². The smallest absolute Gasteiger partial charge is 0.355 e. The monoisotopic (exact) mass is 398 g/mol. The highest BCUT2D eigenvalue weighted by molar-refractivity contribution is 5.96. The van der Waals surface area contributed by atoms with E-state index in [1.165, 1.54) is 31.2 Å². The number of alkyl halides is 6. The molecule has 0 radical (unpaired) electrons. The molecule has 3 aromatic rings. The normalized spacial score (nSPS) is 12.2. The van der Waals surface area contributed by atoms with Crippen LogP contribution < -0.4 is 5.32 Å². The molecule has 2 aromatic carbocycles. The predicted octanol–water partition coefficient (Wildman–Crippen LogP) is 6.22.